The normalized spacial score (nSPS) is 19.4. The van der Waals surface area contributed by atoms with Crippen molar-refractivity contribution < 1.29 is 27.0 Å². The molecule has 10 heteroatoms. The van der Waals surface area contributed by atoms with Crippen LogP contribution in [0.3, 0.4) is 0 Å². The molecule has 0 aliphatic carbocycles. The van der Waals surface area contributed by atoms with Crippen molar-refractivity contribution >= 4 is 43.8 Å². The third-order valence-corrected chi connectivity index (χ3v) is 4.58. The maximum atomic E-state index is 12.9. The van der Waals surface area contributed by atoms with Crippen molar-refractivity contribution in [2.24, 2.45) is 0 Å². The predicted octanol–water partition coefficient (Wildman–Crippen LogP) is 0.947. The number of carboxylic acid groups (broad SMARTS) is 1. The molecule has 0 radical (unpaired) electrons. The van der Waals surface area contributed by atoms with Crippen LogP contribution in [0, 0.1) is 0 Å². The summed E-state index contributed by atoms with van der Waals surface area (Å²) in [6.07, 6.45) is 0.697. The zero-order valence-corrected chi connectivity index (χ0v) is 12.2. The summed E-state index contributed by atoms with van der Waals surface area (Å²) in [5, 5.41) is 7.51. The van der Waals surface area contributed by atoms with Gasteiger partial charge in [0.1, 0.15) is 11.1 Å². The molecule has 1 aliphatic rings. The summed E-state index contributed by atoms with van der Waals surface area (Å²) >= 11 is 3.00. The van der Waals surface area contributed by atoms with E-state index in [1.165, 1.54) is 6.20 Å². The van der Waals surface area contributed by atoms with Gasteiger partial charge >= 0.3 is 16.2 Å². The van der Waals surface area contributed by atoms with Gasteiger partial charge in [-0.2, -0.15) is 8.42 Å². The zero-order chi connectivity index (χ0) is 15.1. The lowest BCUT2D eigenvalue weighted by atomic mass is 10.2. The van der Waals surface area contributed by atoms with E-state index < -0.39 is 33.8 Å². The number of hydrogen-bond acceptors (Lipinski definition) is 5. The molecule has 1 unspecified atom stereocenters. The SMILES string of the molecule is O=C(O)c1cc(N2CC(S(=O)(=O)F)CC2=O)ncc1Br. The Morgan fingerprint density at radius 1 is 1.55 bits per heavy atom. The Morgan fingerprint density at radius 2 is 2.20 bits per heavy atom. The fourth-order valence-electron chi connectivity index (χ4n) is 1.82. The van der Waals surface area contributed by atoms with Crippen LogP contribution in [-0.4, -0.2) is 42.2 Å². The van der Waals surface area contributed by atoms with E-state index >= 15 is 0 Å². The Bertz CT molecular complexity index is 693. The van der Waals surface area contributed by atoms with E-state index in [-0.39, 0.29) is 22.4 Å². The molecule has 2 heterocycles. The standard InChI is InChI=1S/C10H8BrFN2O5S/c11-7-3-13-8(2-6(7)10(16)17)14-4-5(1-9(14)15)20(12,18)19/h2-3,5H,1,4H2,(H,16,17). The van der Waals surface area contributed by atoms with Crippen LogP contribution in [0.25, 0.3) is 0 Å². The molecule has 7 nitrogen and oxygen atoms in total. The second-order valence-corrected chi connectivity index (χ2v) is 6.61. The number of hydrogen-bond donors (Lipinski definition) is 1. The largest absolute Gasteiger partial charge is 0.478 e. The number of amides is 1. The van der Waals surface area contributed by atoms with Crippen molar-refractivity contribution in [2.75, 3.05) is 11.4 Å². The van der Waals surface area contributed by atoms with Gasteiger partial charge in [-0.15, -0.1) is 3.89 Å². The molecule has 0 bridgehead atoms. The van der Waals surface area contributed by atoms with Gasteiger partial charge in [0.25, 0.3) is 0 Å². The van der Waals surface area contributed by atoms with E-state index in [1.807, 2.05) is 0 Å². The molecule has 1 amide bonds. The van der Waals surface area contributed by atoms with Crippen molar-refractivity contribution in [2.45, 2.75) is 11.7 Å². The van der Waals surface area contributed by atoms with E-state index in [4.69, 9.17) is 5.11 Å². The molecule has 2 rings (SSSR count). The molecule has 1 aliphatic heterocycles. The average Bonchev–Trinajstić information content (AvgIpc) is 2.71. The number of carbonyl (C=O) groups excluding carboxylic acids is 1. The summed E-state index contributed by atoms with van der Waals surface area (Å²) < 4.78 is 34.8. The highest BCUT2D eigenvalue weighted by atomic mass is 79.9. The first-order valence-electron chi connectivity index (χ1n) is 5.33. The van der Waals surface area contributed by atoms with E-state index in [2.05, 4.69) is 20.9 Å². The van der Waals surface area contributed by atoms with Crippen LogP contribution in [0.2, 0.25) is 0 Å². The summed E-state index contributed by atoms with van der Waals surface area (Å²) in [5.74, 6) is -1.88. The first-order chi connectivity index (χ1) is 9.20. The van der Waals surface area contributed by atoms with Crippen molar-refractivity contribution in [3.8, 4) is 0 Å². The number of rotatable bonds is 3. The quantitative estimate of drug-likeness (QED) is 0.798. The van der Waals surface area contributed by atoms with Crippen LogP contribution in [0.15, 0.2) is 16.7 Å². The minimum Gasteiger partial charge on any atom is -0.478 e. The molecule has 1 N–H and O–H groups in total. The summed E-state index contributed by atoms with van der Waals surface area (Å²) in [7, 11) is -4.83. The Balaban J connectivity index is 2.36. The summed E-state index contributed by atoms with van der Waals surface area (Å²) in [5.41, 5.74) is -0.130. The summed E-state index contributed by atoms with van der Waals surface area (Å²) in [6, 6.07) is 1.12. The number of anilines is 1. The van der Waals surface area contributed by atoms with Gasteiger partial charge in [-0.1, -0.05) is 0 Å². The second-order valence-electron chi connectivity index (χ2n) is 4.13. The number of halogens is 2. The molecule has 1 fully saturated rings. The lowest BCUT2D eigenvalue weighted by Gasteiger charge is -2.15. The van der Waals surface area contributed by atoms with Gasteiger partial charge in [0.2, 0.25) is 5.91 Å². The van der Waals surface area contributed by atoms with E-state index in [0.717, 1.165) is 11.0 Å². The molecule has 108 valence electrons. The number of aromatic carboxylic acids is 1. The number of aromatic nitrogens is 1. The second kappa shape index (κ2) is 5.09. The van der Waals surface area contributed by atoms with E-state index in [0.29, 0.717) is 0 Å². The van der Waals surface area contributed by atoms with Crippen LogP contribution in [0.1, 0.15) is 16.8 Å². The number of pyridine rings is 1. The lowest BCUT2D eigenvalue weighted by Crippen LogP contribution is -2.28. The molecule has 1 atom stereocenters. The highest BCUT2D eigenvalue weighted by Crippen LogP contribution is 2.27. The molecule has 1 aromatic rings. The third-order valence-electron chi connectivity index (χ3n) is 2.84. The third kappa shape index (κ3) is 2.80. The average molecular weight is 367 g/mol. The number of carbonyl (C=O) groups is 2. The van der Waals surface area contributed by atoms with Crippen molar-refractivity contribution in [1.29, 1.82) is 0 Å². The van der Waals surface area contributed by atoms with Gasteiger partial charge in [0.05, 0.1) is 10.0 Å². The Hall–Kier alpha value is -1.55. The summed E-state index contributed by atoms with van der Waals surface area (Å²) in [6.45, 7) is -0.384. The van der Waals surface area contributed by atoms with Gasteiger partial charge in [-0.05, 0) is 22.0 Å². The molecule has 20 heavy (non-hydrogen) atoms. The van der Waals surface area contributed by atoms with Gasteiger partial charge in [0.15, 0.2) is 0 Å². The number of nitrogens with zero attached hydrogens (tertiary/aromatic N) is 2. The zero-order valence-electron chi connectivity index (χ0n) is 9.79. The molecule has 1 saturated heterocycles. The topological polar surface area (TPSA) is 105 Å². The molecular formula is C10H8BrFN2O5S. The Kier molecular flexibility index (Phi) is 3.78. The van der Waals surface area contributed by atoms with E-state index in [9.17, 15) is 21.9 Å². The fraction of sp³-hybridized carbons (Fsp3) is 0.300. The first kappa shape index (κ1) is 14.9. The van der Waals surface area contributed by atoms with Crippen molar-refractivity contribution in [3.05, 3.63) is 22.3 Å². The van der Waals surface area contributed by atoms with Gasteiger partial charge in [0, 0.05) is 19.2 Å². The molecular weight excluding hydrogens is 359 g/mol. The molecule has 0 spiro atoms. The lowest BCUT2D eigenvalue weighted by molar-refractivity contribution is -0.117. The minimum atomic E-state index is -4.83. The van der Waals surface area contributed by atoms with E-state index in [1.54, 1.807) is 0 Å². The minimum absolute atomic E-state index is 0.0262. The monoisotopic (exact) mass is 366 g/mol. The predicted molar refractivity (Wildman–Crippen MR) is 69.7 cm³/mol. The Labute approximate surface area is 121 Å². The van der Waals surface area contributed by atoms with Gasteiger partial charge in [-0.3, -0.25) is 9.69 Å². The highest BCUT2D eigenvalue weighted by Gasteiger charge is 2.39. The maximum Gasteiger partial charge on any atom is 0.337 e. The number of carboxylic acids is 1. The maximum absolute atomic E-state index is 12.9. The van der Waals surface area contributed by atoms with Gasteiger partial charge in [-0.25, -0.2) is 9.78 Å². The Morgan fingerprint density at radius 3 is 2.70 bits per heavy atom. The molecule has 0 aromatic carbocycles. The van der Waals surface area contributed by atoms with Crippen LogP contribution < -0.4 is 4.90 Å². The fourth-order valence-corrected chi connectivity index (χ4v) is 2.88. The van der Waals surface area contributed by atoms with Crippen molar-refractivity contribution in [3.63, 3.8) is 0 Å². The molecule has 0 saturated carbocycles. The van der Waals surface area contributed by atoms with Crippen molar-refractivity contribution in [1.82, 2.24) is 4.98 Å². The summed E-state index contributed by atoms with van der Waals surface area (Å²) in [4.78, 5) is 27.5. The van der Waals surface area contributed by atoms with Crippen LogP contribution in [0.5, 0.6) is 0 Å². The van der Waals surface area contributed by atoms with Crippen LogP contribution >= 0.6 is 15.9 Å². The first-order valence-corrected chi connectivity index (χ1v) is 7.57. The van der Waals surface area contributed by atoms with Gasteiger partial charge < -0.3 is 5.11 Å². The van der Waals surface area contributed by atoms with Crippen LogP contribution in [-0.2, 0) is 15.0 Å². The smallest absolute Gasteiger partial charge is 0.337 e. The highest BCUT2D eigenvalue weighted by molar-refractivity contribution is 9.10. The van der Waals surface area contributed by atoms with Crippen LogP contribution in [0.4, 0.5) is 9.70 Å². The molecule has 1 aromatic heterocycles.